The minimum atomic E-state index is -0.00329. The minimum absolute atomic E-state index is 0.00329. The molecule has 2 aromatic carbocycles. The van der Waals surface area contributed by atoms with Gasteiger partial charge in [0.1, 0.15) is 17.3 Å². The molecular formula is C30H36N2O4. The largest absolute Gasteiger partial charge is 0.497 e. The maximum atomic E-state index is 13.0. The zero-order chi connectivity index (χ0) is 25.9. The lowest BCUT2D eigenvalue weighted by molar-refractivity contribution is -0.117. The molecule has 0 bridgehead atoms. The summed E-state index contributed by atoms with van der Waals surface area (Å²) in [6.07, 6.45) is 2.16. The highest BCUT2D eigenvalue weighted by molar-refractivity contribution is 5.94. The molecule has 6 nitrogen and oxygen atoms in total. The number of carbonyl (C=O) groups excluding carboxylic acids is 2. The van der Waals surface area contributed by atoms with E-state index in [2.05, 4.69) is 33.0 Å². The number of nitrogens with one attached hydrogen (secondary N) is 1. The van der Waals surface area contributed by atoms with E-state index < -0.39 is 0 Å². The average molecular weight is 489 g/mol. The summed E-state index contributed by atoms with van der Waals surface area (Å²) in [5, 5.41) is 3.04. The van der Waals surface area contributed by atoms with Crippen LogP contribution >= 0.6 is 0 Å². The summed E-state index contributed by atoms with van der Waals surface area (Å²) in [5.74, 6) is 2.72. The van der Waals surface area contributed by atoms with Crippen molar-refractivity contribution in [3.8, 4) is 17.1 Å². The Kier molecular flexibility index (Phi) is 7.53. The van der Waals surface area contributed by atoms with Crippen molar-refractivity contribution >= 4 is 17.5 Å². The Morgan fingerprint density at radius 1 is 1.11 bits per heavy atom. The number of fused-ring (bicyclic) bond motifs is 1. The fourth-order valence-electron chi connectivity index (χ4n) is 4.96. The van der Waals surface area contributed by atoms with Crippen LogP contribution in [0.25, 0.3) is 11.3 Å². The fourth-order valence-corrected chi connectivity index (χ4v) is 4.96. The van der Waals surface area contributed by atoms with E-state index in [1.54, 1.807) is 31.4 Å². The van der Waals surface area contributed by atoms with Gasteiger partial charge in [0.05, 0.1) is 7.11 Å². The molecule has 0 spiro atoms. The van der Waals surface area contributed by atoms with E-state index in [0.29, 0.717) is 37.4 Å². The Balaban J connectivity index is 1.42. The molecule has 4 rings (SSSR count). The number of hydrogen-bond donors (Lipinski definition) is 1. The summed E-state index contributed by atoms with van der Waals surface area (Å²) >= 11 is 0. The minimum Gasteiger partial charge on any atom is -0.497 e. The first-order valence-corrected chi connectivity index (χ1v) is 12.6. The molecule has 0 radical (unpaired) electrons. The van der Waals surface area contributed by atoms with E-state index in [9.17, 15) is 9.59 Å². The molecule has 0 saturated carbocycles. The van der Waals surface area contributed by atoms with E-state index in [1.807, 2.05) is 35.2 Å². The lowest BCUT2D eigenvalue weighted by Crippen LogP contribution is -2.35. The first kappa shape index (κ1) is 25.5. The number of rotatable bonds is 7. The van der Waals surface area contributed by atoms with Crippen molar-refractivity contribution in [3.63, 3.8) is 0 Å². The van der Waals surface area contributed by atoms with Crippen LogP contribution in [0.2, 0.25) is 0 Å². The second-order valence-corrected chi connectivity index (χ2v) is 11.0. The quantitative estimate of drug-likeness (QED) is 0.409. The van der Waals surface area contributed by atoms with E-state index >= 15 is 0 Å². The molecule has 0 saturated heterocycles. The van der Waals surface area contributed by atoms with Crippen molar-refractivity contribution in [2.75, 3.05) is 19.0 Å². The Morgan fingerprint density at radius 3 is 2.56 bits per heavy atom. The van der Waals surface area contributed by atoms with Gasteiger partial charge in [-0.15, -0.1) is 0 Å². The number of amides is 2. The highest BCUT2D eigenvalue weighted by Crippen LogP contribution is 2.32. The molecule has 2 amide bonds. The van der Waals surface area contributed by atoms with Crippen LogP contribution in [0.15, 0.2) is 59.0 Å². The number of anilines is 1. The van der Waals surface area contributed by atoms with Crippen LogP contribution < -0.4 is 10.1 Å². The highest BCUT2D eigenvalue weighted by Gasteiger charge is 2.25. The molecular weight excluding hydrogens is 452 g/mol. The molecule has 36 heavy (non-hydrogen) atoms. The molecule has 1 aliphatic heterocycles. The van der Waals surface area contributed by atoms with Crippen molar-refractivity contribution in [3.05, 3.63) is 71.5 Å². The summed E-state index contributed by atoms with van der Waals surface area (Å²) in [6, 6.07) is 16.9. The number of carbonyl (C=O) groups is 2. The second kappa shape index (κ2) is 10.6. The topological polar surface area (TPSA) is 71.8 Å². The maximum Gasteiger partial charge on any atom is 0.254 e. The zero-order valence-electron chi connectivity index (χ0n) is 21.9. The number of benzene rings is 2. The monoisotopic (exact) mass is 488 g/mol. The van der Waals surface area contributed by atoms with Crippen molar-refractivity contribution in [1.82, 2.24) is 4.90 Å². The van der Waals surface area contributed by atoms with Gasteiger partial charge in [-0.2, -0.15) is 0 Å². The van der Waals surface area contributed by atoms with E-state index in [1.165, 1.54) is 0 Å². The number of furan rings is 1. The van der Waals surface area contributed by atoms with Crippen molar-refractivity contribution in [2.24, 2.45) is 11.3 Å². The third kappa shape index (κ3) is 6.36. The van der Waals surface area contributed by atoms with Gasteiger partial charge in [0.25, 0.3) is 5.91 Å². The van der Waals surface area contributed by atoms with Gasteiger partial charge in [0.15, 0.2) is 0 Å². The molecule has 1 atom stereocenters. The van der Waals surface area contributed by atoms with Gasteiger partial charge in [0, 0.05) is 48.3 Å². The van der Waals surface area contributed by atoms with Gasteiger partial charge < -0.3 is 19.4 Å². The molecule has 2 heterocycles. The number of methoxy groups -OCH3 is 1. The standard InChI is InChI=1S/C30H36N2O4/c1-20(18-30(2,3)4)15-28(33)31-24-8-6-7-22(16-24)27-17-23-19-32(14-13-26(23)36-27)29(34)21-9-11-25(35-5)12-10-21/h6-12,16-17,20H,13-15,18-19H2,1-5H3,(H,31,33). The Labute approximate surface area is 213 Å². The molecule has 0 aliphatic carbocycles. The summed E-state index contributed by atoms with van der Waals surface area (Å²) < 4.78 is 11.4. The lowest BCUT2D eigenvalue weighted by atomic mass is 9.84. The maximum absolute atomic E-state index is 13.0. The van der Waals surface area contributed by atoms with Crippen LogP contribution in [0.4, 0.5) is 5.69 Å². The molecule has 1 aliphatic rings. The zero-order valence-corrected chi connectivity index (χ0v) is 21.9. The first-order valence-electron chi connectivity index (χ1n) is 12.6. The van der Waals surface area contributed by atoms with Gasteiger partial charge in [-0.05, 0) is 60.2 Å². The molecule has 6 heteroatoms. The first-order chi connectivity index (χ1) is 17.1. The Morgan fingerprint density at radius 2 is 1.86 bits per heavy atom. The number of hydrogen-bond acceptors (Lipinski definition) is 4. The molecule has 1 N–H and O–H groups in total. The fraction of sp³-hybridized carbons (Fsp3) is 0.400. The Hall–Kier alpha value is -3.54. The second-order valence-electron chi connectivity index (χ2n) is 11.0. The summed E-state index contributed by atoms with van der Waals surface area (Å²) in [5.41, 5.74) is 3.52. The summed E-state index contributed by atoms with van der Waals surface area (Å²) in [6.45, 7) is 9.82. The lowest BCUT2D eigenvalue weighted by Gasteiger charge is -2.26. The van der Waals surface area contributed by atoms with E-state index in [0.717, 1.165) is 40.5 Å². The molecule has 190 valence electrons. The van der Waals surface area contributed by atoms with Crippen molar-refractivity contribution in [2.45, 2.75) is 53.5 Å². The SMILES string of the molecule is COc1ccc(C(=O)N2CCc3oc(-c4cccc(NC(=O)CC(C)CC(C)(C)C)c4)cc3C2)cc1. The molecule has 1 unspecified atom stereocenters. The van der Waals surface area contributed by atoms with E-state index in [-0.39, 0.29) is 17.2 Å². The number of ether oxygens (including phenoxy) is 1. The highest BCUT2D eigenvalue weighted by atomic mass is 16.5. The third-order valence-corrected chi connectivity index (χ3v) is 6.42. The Bertz CT molecular complexity index is 1220. The van der Waals surface area contributed by atoms with Crippen LogP contribution in [0.5, 0.6) is 5.75 Å². The van der Waals surface area contributed by atoms with Crippen LogP contribution in [0.3, 0.4) is 0 Å². The van der Waals surface area contributed by atoms with E-state index in [4.69, 9.17) is 9.15 Å². The predicted molar refractivity (Wildman–Crippen MR) is 142 cm³/mol. The van der Waals surface area contributed by atoms with Gasteiger partial charge in [-0.1, -0.05) is 39.8 Å². The van der Waals surface area contributed by atoms with Crippen LogP contribution in [0, 0.1) is 11.3 Å². The molecule has 3 aromatic rings. The van der Waals surface area contributed by atoms with Gasteiger partial charge in [0.2, 0.25) is 5.91 Å². The van der Waals surface area contributed by atoms with Crippen molar-refractivity contribution < 1.29 is 18.7 Å². The smallest absolute Gasteiger partial charge is 0.254 e. The third-order valence-electron chi connectivity index (χ3n) is 6.42. The predicted octanol–water partition coefficient (Wildman–Crippen LogP) is 6.55. The van der Waals surface area contributed by atoms with Crippen LogP contribution in [-0.4, -0.2) is 30.4 Å². The molecule has 1 aromatic heterocycles. The van der Waals surface area contributed by atoms with Gasteiger partial charge in [-0.25, -0.2) is 0 Å². The van der Waals surface area contributed by atoms with Crippen molar-refractivity contribution in [1.29, 1.82) is 0 Å². The van der Waals surface area contributed by atoms with Crippen LogP contribution in [-0.2, 0) is 17.8 Å². The summed E-state index contributed by atoms with van der Waals surface area (Å²) in [4.78, 5) is 27.4. The summed E-state index contributed by atoms with van der Waals surface area (Å²) in [7, 11) is 1.61. The molecule has 0 fully saturated rings. The van der Waals surface area contributed by atoms with Gasteiger partial charge in [-0.3, -0.25) is 9.59 Å². The normalized spacial score (nSPS) is 14.2. The van der Waals surface area contributed by atoms with Crippen LogP contribution in [0.1, 0.15) is 62.2 Å². The number of nitrogens with zero attached hydrogens (tertiary/aromatic N) is 1. The average Bonchev–Trinajstić information content (AvgIpc) is 3.26. The van der Waals surface area contributed by atoms with Gasteiger partial charge >= 0.3 is 0 Å².